The van der Waals surface area contributed by atoms with E-state index < -0.39 is 20.3 Å². The normalized spacial score (nSPS) is 20.6. The highest BCUT2D eigenvalue weighted by molar-refractivity contribution is 7.93. The van der Waals surface area contributed by atoms with Gasteiger partial charge in [0.05, 0.1) is 11.4 Å². The highest BCUT2D eigenvalue weighted by atomic mass is 32.2. The van der Waals surface area contributed by atoms with E-state index in [9.17, 15) is 18.3 Å². The van der Waals surface area contributed by atoms with Crippen molar-refractivity contribution in [2.75, 3.05) is 32.7 Å². The second-order valence-corrected chi connectivity index (χ2v) is 8.80. The minimum atomic E-state index is -3.41. The van der Waals surface area contributed by atoms with E-state index in [1.54, 1.807) is 18.7 Å². The monoisotopic (exact) mass is 320 g/mol. The molecule has 0 aliphatic carbocycles. The van der Waals surface area contributed by atoms with Gasteiger partial charge in [-0.15, -0.1) is 0 Å². The fourth-order valence-corrected chi connectivity index (χ4v) is 3.63. The molecule has 21 heavy (non-hydrogen) atoms. The Morgan fingerprint density at radius 2 is 1.67 bits per heavy atom. The number of aliphatic hydroxyl groups is 1. The Hall–Kier alpha value is -0.660. The first kappa shape index (κ1) is 18.4. The number of nitrogens with zero attached hydrogens (tertiary/aromatic N) is 2. The SMILES string of the molecule is CC[C@@H](O)CN1CCN(C(=O)[C@@H](C)S(=O)(=O)C(C)C)CC1. The number of sulfone groups is 1. The van der Waals surface area contributed by atoms with Gasteiger partial charge in [0, 0.05) is 32.7 Å². The highest BCUT2D eigenvalue weighted by Gasteiger charge is 2.34. The number of piperazine rings is 1. The van der Waals surface area contributed by atoms with Gasteiger partial charge in [0.1, 0.15) is 5.25 Å². The molecular weight excluding hydrogens is 292 g/mol. The Labute approximate surface area is 128 Å². The maximum absolute atomic E-state index is 12.3. The molecule has 1 rings (SSSR count). The van der Waals surface area contributed by atoms with E-state index in [1.807, 2.05) is 6.92 Å². The van der Waals surface area contributed by atoms with E-state index in [2.05, 4.69) is 4.90 Å². The number of aliphatic hydroxyl groups excluding tert-OH is 1. The maximum atomic E-state index is 12.3. The molecule has 0 aromatic heterocycles. The minimum absolute atomic E-state index is 0.306. The lowest BCUT2D eigenvalue weighted by Crippen LogP contribution is -2.53. The topological polar surface area (TPSA) is 77.9 Å². The van der Waals surface area contributed by atoms with Crippen LogP contribution in [0.5, 0.6) is 0 Å². The molecule has 1 saturated heterocycles. The van der Waals surface area contributed by atoms with Crippen LogP contribution in [0.3, 0.4) is 0 Å². The van der Waals surface area contributed by atoms with Gasteiger partial charge in [-0.2, -0.15) is 0 Å². The van der Waals surface area contributed by atoms with Gasteiger partial charge >= 0.3 is 0 Å². The Morgan fingerprint density at radius 3 is 2.10 bits per heavy atom. The van der Waals surface area contributed by atoms with Gasteiger partial charge in [-0.05, 0) is 27.2 Å². The van der Waals surface area contributed by atoms with Crippen molar-refractivity contribution in [1.82, 2.24) is 9.80 Å². The van der Waals surface area contributed by atoms with Crippen molar-refractivity contribution in [2.45, 2.75) is 50.7 Å². The summed E-state index contributed by atoms with van der Waals surface area (Å²) in [5, 5.41) is 8.11. The summed E-state index contributed by atoms with van der Waals surface area (Å²) in [7, 11) is -3.41. The zero-order chi connectivity index (χ0) is 16.2. The van der Waals surface area contributed by atoms with Crippen LogP contribution in [0.2, 0.25) is 0 Å². The summed E-state index contributed by atoms with van der Waals surface area (Å²) < 4.78 is 24.1. The van der Waals surface area contributed by atoms with Gasteiger partial charge < -0.3 is 10.0 Å². The number of hydrogen-bond donors (Lipinski definition) is 1. The Bertz CT molecular complexity index is 442. The van der Waals surface area contributed by atoms with Crippen LogP contribution in [0.15, 0.2) is 0 Å². The quantitative estimate of drug-likeness (QED) is 0.752. The Morgan fingerprint density at radius 1 is 1.14 bits per heavy atom. The van der Waals surface area contributed by atoms with E-state index >= 15 is 0 Å². The van der Waals surface area contributed by atoms with Crippen molar-refractivity contribution < 1.29 is 18.3 Å². The number of hydrogen-bond acceptors (Lipinski definition) is 5. The summed E-state index contributed by atoms with van der Waals surface area (Å²) in [6, 6.07) is 0. The van der Waals surface area contributed by atoms with E-state index in [0.717, 1.165) is 0 Å². The van der Waals surface area contributed by atoms with Crippen molar-refractivity contribution in [3.05, 3.63) is 0 Å². The van der Waals surface area contributed by atoms with Crippen molar-refractivity contribution in [3.8, 4) is 0 Å². The van der Waals surface area contributed by atoms with Gasteiger partial charge in [-0.1, -0.05) is 6.92 Å². The van der Waals surface area contributed by atoms with Gasteiger partial charge in [0.25, 0.3) is 0 Å². The molecule has 1 N–H and O–H groups in total. The van der Waals surface area contributed by atoms with E-state index in [-0.39, 0.29) is 12.0 Å². The zero-order valence-corrected chi connectivity index (χ0v) is 14.3. The third-order valence-corrected chi connectivity index (χ3v) is 6.62. The van der Waals surface area contributed by atoms with Crippen molar-refractivity contribution in [3.63, 3.8) is 0 Å². The van der Waals surface area contributed by atoms with Crippen molar-refractivity contribution in [2.24, 2.45) is 0 Å². The zero-order valence-electron chi connectivity index (χ0n) is 13.4. The van der Waals surface area contributed by atoms with Crippen LogP contribution in [0.4, 0.5) is 0 Å². The molecule has 6 nitrogen and oxygen atoms in total. The number of amides is 1. The lowest BCUT2D eigenvalue weighted by Gasteiger charge is -2.36. The molecule has 1 heterocycles. The summed E-state index contributed by atoms with van der Waals surface area (Å²) >= 11 is 0. The molecule has 7 heteroatoms. The molecule has 1 amide bonds. The van der Waals surface area contributed by atoms with Crippen LogP contribution in [0.25, 0.3) is 0 Å². The first-order valence-electron chi connectivity index (χ1n) is 7.62. The molecule has 0 aromatic carbocycles. The second kappa shape index (κ2) is 7.56. The average Bonchev–Trinajstić information content (AvgIpc) is 2.46. The highest BCUT2D eigenvalue weighted by Crippen LogP contribution is 2.14. The Balaban J connectivity index is 2.56. The fraction of sp³-hybridized carbons (Fsp3) is 0.929. The number of β-amino-alcohol motifs (C(OH)–C–C–N with tert-alkyl or cyclic N) is 1. The smallest absolute Gasteiger partial charge is 0.240 e. The summed E-state index contributed by atoms with van der Waals surface area (Å²) in [6.07, 6.45) is 0.371. The predicted molar refractivity (Wildman–Crippen MR) is 82.8 cm³/mol. The third kappa shape index (κ3) is 4.66. The van der Waals surface area contributed by atoms with Crippen LogP contribution < -0.4 is 0 Å². The lowest BCUT2D eigenvalue weighted by molar-refractivity contribution is -0.132. The van der Waals surface area contributed by atoms with Crippen LogP contribution >= 0.6 is 0 Å². The summed E-state index contributed by atoms with van der Waals surface area (Å²) in [5.41, 5.74) is 0. The van der Waals surface area contributed by atoms with Crippen LogP contribution in [-0.2, 0) is 14.6 Å². The average molecular weight is 320 g/mol. The van der Waals surface area contributed by atoms with Gasteiger partial charge in [0.15, 0.2) is 9.84 Å². The number of rotatable bonds is 6. The van der Waals surface area contributed by atoms with E-state index in [4.69, 9.17) is 0 Å². The standard InChI is InChI=1S/C14H28N2O4S/c1-5-13(17)10-15-6-8-16(9-7-15)14(18)12(4)21(19,20)11(2)3/h11-13,17H,5-10H2,1-4H3/t12-,13-/m1/s1. The first-order valence-corrected chi connectivity index (χ1v) is 9.23. The molecule has 1 aliphatic rings. The van der Waals surface area contributed by atoms with Gasteiger partial charge in [-0.3, -0.25) is 9.69 Å². The maximum Gasteiger partial charge on any atom is 0.240 e. The van der Waals surface area contributed by atoms with E-state index in [0.29, 0.717) is 39.1 Å². The minimum Gasteiger partial charge on any atom is -0.392 e. The molecule has 0 bridgehead atoms. The molecular formula is C14H28N2O4S. The van der Waals surface area contributed by atoms with Gasteiger partial charge in [-0.25, -0.2) is 8.42 Å². The predicted octanol–water partition coefficient (Wildman–Crippen LogP) is 0.113. The third-order valence-electron chi connectivity index (χ3n) is 4.12. The molecule has 0 radical (unpaired) electrons. The number of carbonyl (C=O) groups is 1. The van der Waals surface area contributed by atoms with Crippen molar-refractivity contribution in [1.29, 1.82) is 0 Å². The fourth-order valence-electron chi connectivity index (χ4n) is 2.38. The van der Waals surface area contributed by atoms with Crippen LogP contribution in [-0.4, -0.2) is 78.6 Å². The molecule has 0 spiro atoms. The Kier molecular flexibility index (Phi) is 6.62. The molecule has 0 unspecified atom stereocenters. The first-order chi connectivity index (χ1) is 9.70. The molecule has 1 aliphatic heterocycles. The molecule has 0 aromatic rings. The molecule has 124 valence electrons. The van der Waals surface area contributed by atoms with Crippen molar-refractivity contribution >= 4 is 15.7 Å². The largest absolute Gasteiger partial charge is 0.392 e. The van der Waals surface area contributed by atoms with Crippen LogP contribution in [0, 0.1) is 0 Å². The molecule has 0 saturated carbocycles. The molecule has 2 atom stereocenters. The van der Waals surface area contributed by atoms with Crippen LogP contribution in [0.1, 0.15) is 34.1 Å². The second-order valence-electron chi connectivity index (χ2n) is 5.97. The summed E-state index contributed by atoms with van der Waals surface area (Å²) in [6.45, 7) is 9.62. The summed E-state index contributed by atoms with van der Waals surface area (Å²) in [4.78, 5) is 16.0. The van der Waals surface area contributed by atoms with Gasteiger partial charge in [0.2, 0.25) is 5.91 Å². The molecule has 1 fully saturated rings. The van der Waals surface area contributed by atoms with E-state index in [1.165, 1.54) is 6.92 Å². The summed E-state index contributed by atoms with van der Waals surface area (Å²) in [5.74, 6) is -0.306. The lowest BCUT2D eigenvalue weighted by atomic mass is 10.2. The number of carbonyl (C=O) groups excluding carboxylic acids is 1.